The van der Waals surface area contributed by atoms with Crippen LogP contribution in [0.25, 0.3) is 10.9 Å². The van der Waals surface area contributed by atoms with Crippen LogP contribution in [-0.4, -0.2) is 11.5 Å². The van der Waals surface area contributed by atoms with Gasteiger partial charge in [-0.3, -0.25) is 4.98 Å². The van der Waals surface area contributed by atoms with Gasteiger partial charge in [-0.2, -0.15) is 0 Å². The van der Waals surface area contributed by atoms with Gasteiger partial charge in [0.15, 0.2) is 0 Å². The van der Waals surface area contributed by atoms with E-state index >= 15 is 0 Å². The second-order valence-electron chi connectivity index (χ2n) is 4.73. The zero-order valence-electron chi connectivity index (χ0n) is 11.4. The van der Waals surface area contributed by atoms with Gasteiger partial charge in [0.25, 0.3) is 0 Å². The highest BCUT2D eigenvalue weighted by Gasteiger charge is 2.10. The molecule has 0 radical (unpaired) electrons. The maximum absolute atomic E-state index is 6.25. The van der Waals surface area contributed by atoms with Crippen molar-refractivity contribution in [3.8, 4) is 11.5 Å². The third-order valence-corrected chi connectivity index (χ3v) is 3.55. The van der Waals surface area contributed by atoms with Gasteiger partial charge in [0, 0.05) is 5.39 Å². The topological polar surface area (TPSA) is 48.1 Å². The fourth-order valence-corrected chi connectivity index (χ4v) is 2.48. The summed E-state index contributed by atoms with van der Waals surface area (Å²) >= 11 is 6.25. The van der Waals surface area contributed by atoms with E-state index in [2.05, 4.69) is 4.98 Å². The summed E-state index contributed by atoms with van der Waals surface area (Å²) in [6.45, 7) is 0.548. The molecular formula is C17H15ClN2O. The molecule has 0 fully saturated rings. The van der Waals surface area contributed by atoms with Crippen LogP contribution >= 0.6 is 11.6 Å². The summed E-state index contributed by atoms with van der Waals surface area (Å²) in [6, 6.07) is 15.5. The molecule has 0 unspecified atom stereocenters. The fourth-order valence-electron chi connectivity index (χ4n) is 2.24. The van der Waals surface area contributed by atoms with Crippen LogP contribution in [0.3, 0.4) is 0 Å². The standard InChI is InChI=1S/C17H15ClN2O/c18-15-6-3-5-12(8-9-19)17(15)21-14-10-13-4-1-2-7-16(13)20-11-14/h1-7,10-11H,8-9,19H2. The van der Waals surface area contributed by atoms with Crippen molar-refractivity contribution in [3.05, 3.63) is 65.3 Å². The summed E-state index contributed by atoms with van der Waals surface area (Å²) in [7, 11) is 0. The molecule has 0 saturated heterocycles. The molecule has 21 heavy (non-hydrogen) atoms. The van der Waals surface area contributed by atoms with Gasteiger partial charge in [-0.05, 0) is 36.7 Å². The highest BCUT2D eigenvalue weighted by atomic mass is 35.5. The fraction of sp³-hybridized carbons (Fsp3) is 0.118. The Labute approximate surface area is 128 Å². The van der Waals surface area contributed by atoms with E-state index in [0.29, 0.717) is 23.1 Å². The Morgan fingerprint density at radius 2 is 1.95 bits per heavy atom. The van der Waals surface area contributed by atoms with Crippen LogP contribution in [0.1, 0.15) is 5.56 Å². The summed E-state index contributed by atoms with van der Waals surface area (Å²) in [5, 5.41) is 1.61. The van der Waals surface area contributed by atoms with Crippen molar-refractivity contribution in [2.45, 2.75) is 6.42 Å². The molecule has 4 heteroatoms. The van der Waals surface area contributed by atoms with Crippen LogP contribution in [0.5, 0.6) is 11.5 Å². The van der Waals surface area contributed by atoms with Crippen molar-refractivity contribution in [2.24, 2.45) is 5.73 Å². The highest BCUT2D eigenvalue weighted by molar-refractivity contribution is 6.32. The first-order valence-electron chi connectivity index (χ1n) is 6.78. The van der Waals surface area contributed by atoms with Gasteiger partial charge < -0.3 is 10.5 Å². The first-order chi connectivity index (χ1) is 10.3. The summed E-state index contributed by atoms with van der Waals surface area (Å²) in [5.41, 5.74) is 7.57. The molecule has 106 valence electrons. The number of rotatable bonds is 4. The lowest BCUT2D eigenvalue weighted by Gasteiger charge is -2.12. The number of nitrogens with zero attached hydrogens (tertiary/aromatic N) is 1. The average molecular weight is 299 g/mol. The molecule has 0 aliphatic carbocycles. The highest BCUT2D eigenvalue weighted by Crippen LogP contribution is 2.33. The molecule has 1 heterocycles. The van der Waals surface area contributed by atoms with E-state index in [1.54, 1.807) is 6.20 Å². The average Bonchev–Trinajstić information content (AvgIpc) is 2.51. The van der Waals surface area contributed by atoms with Crippen molar-refractivity contribution in [3.63, 3.8) is 0 Å². The quantitative estimate of drug-likeness (QED) is 0.786. The number of benzene rings is 2. The Morgan fingerprint density at radius 1 is 1.10 bits per heavy atom. The molecule has 0 bridgehead atoms. The van der Waals surface area contributed by atoms with Gasteiger partial charge in [-0.15, -0.1) is 0 Å². The second-order valence-corrected chi connectivity index (χ2v) is 5.14. The van der Waals surface area contributed by atoms with E-state index in [4.69, 9.17) is 22.1 Å². The molecule has 0 aliphatic heterocycles. The molecule has 1 aromatic heterocycles. The summed E-state index contributed by atoms with van der Waals surface area (Å²) in [6.07, 6.45) is 2.43. The number of nitrogens with two attached hydrogens (primary N) is 1. The third-order valence-electron chi connectivity index (χ3n) is 3.25. The number of fused-ring (bicyclic) bond motifs is 1. The van der Waals surface area contributed by atoms with Gasteiger partial charge in [0.2, 0.25) is 0 Å². The Kier molecular flexibility index (Phi) is 4.04. The molecule has 0 saturated carbocycles. The van der Waals surface area contributed by atoms with Crippen LogP contribution in [0.4, 0.5) is 0 Å². The predicted molar refractivity (Wildman–Crippen MR) is 86.0 cm³/mol. The molecular weight excluding hydrogens is 284 g/mol. The monoisotopic (exact) mass is 298 g/mol. The van der Waals surface area contributed by atoms with Crippen molar-refractivity contribution < 1.29 is 4.74 Å². The first-order valence-corrected chi connectivity index (χ1v) is 7.16. The number of hydrogen-bond acceptors (Lipinski definition) is 3. The van der Waals surface area contributed by atoms with Crippen LogP contribution in [0.15, 0.2) is 54.7 Å². The van der Waals surface area contributed by atoms with Crippen molar-refractivity contribution in [1.29, 1.82) is 0 Å². The molecule has 3 rings (SSSR count). The van der Waals surface area contributed by atoms with Crippen LogP contribution in [-0.2, 0) is 6.42 Å². The summed E-state index contributed by atoms with van der Waals surface area (Å²) < 4.78 is 5.95. The third kappa shape index (κ3) is 2.99. The van der Waals surface area contributed by atoms with E-state index in [-0.39, 0.29) is 0 Å². The second kappa shape index (κ2) is 6.12. The van der Waals surface area contributed by atoms with Crippen LogP contribution in [0.2, 0.25) is 5.02 Å². The van der Waals surface area contributed by atoms with Crippen molar-refractivity contribution in [2.75, 3.05) is 6.54 Å². The molecule has 2 N–H and O–H groups in total. The van der Waals surface area contributed by atoms with Gasteiger partial charge in [-0.25, -0.2) is 0 Å². The summed E-state index contributed by atoms with van der Waals surface area (Å²) in [5.74, 6) is 1.32. The van der Waals surface area contributed by atoms with E-state index in [9.17, 15) is 0 Å². The van der Waals surface area contributed by atoms with Crippen molar-refractivity contribution >= 4 is 22.5 Å². The number of para-hydroxylation sites is 2. The first kappa shape index (κ1) is 13.9. The Bertz CT molecular complexity index is 774. The number of ether oxygens (including phenoxy) is 1. The maximum Gasteiger partial charge on any atom is 0.149 e. The van der Waals surface area contributed by atoms with Gasteiger partial charge in [0.1, 0.15) is 11.5 Å². The Morgan fingerprint density at radius 3 is 2.81 bits per heavy atom. The Balaban J connectivity index is 1.98. The number of aromatic nitrogens is 1. The number of hydrogen-bond donors (Lipinski definition) is 1. The Hall–Kier alpha value is -2.10. The van der Waals surface area contributed by atoms with E-state index in [1.807, 2.05) is 48.5 Å². The van der Waals surface area contributed by atoms with E-state index < -0.39 is 0 Å². The van der Waals surface area contributed by atoms with Crippen LogP contribution in [0, 0.1) is 0 Å². The smallest absolute Gasteiger partial charge is 0.149 e. The number of halogens is 1. The molecule has 3 nitrogen and oxygen atoms in total. The zero-order valence-corrected chi connectivity index (χ0v) is 12.2. The van der Waals surface area contributed by atoms with Crippen LogP contribution < -0.4 is 10.5 Å². The lowest BCUT2D eigenvalue weighted by molar-refractivity contribution is 0.475. The molecule has 3 aromatic rings. The molecule has 0 atom stereocenters. The largest absolute Gasteiger partial charge is 0.454 e. The minimum Gasteiger partial charge on any atom is -0.454 e. The summed E-state index contributed by atoms with van der Waals surface area (Å²) in [4.78, 5) is 4.39. The van der Waals surface area contributed by atoms with Gasteiger partial charge in [0.05, 0.1) is 16.7 Å². The van der Waals surface area contributed by atoms with Crippen molar-refractivity contribution in [1.82, 2.24) is 4.98 Å². The minimum absolute atomic E-state index is 0.548. The molecule has 0 aliphatic rings. The predicted octanol–water partition coefficient (Wildman–Crippen LogP) is 4.18. The normalized spacial score (nSPS) is 10.8. The lowest BCUT2D eigenvalue weighted by Crippen LogP contribution is -2.04. The lowest BCUT2D eigenvalue weighted by atomic mass is 10.1. The molecule has 0 spiro atoms. The maximum atomic E-state index is 6.25. The minimum atomic E-state index is 0.548. The van der Waals surface area contributed by atoms with Gasteiger partial charge >= 0.3 is 0 Å². The number of pyridine rings is 1. The van der Waals surface area contributed by atoms with Gasteiger partial charge in [-0.1, -0.05) is 41.9 Å². The SMILES string of the molecule is NCCc1cccc(Cl)c1Oc1cnc2ccccc2c1. The molecule has 2 aromatic carbocycles. The zero-order chi connectivity index (χ0) is 14.7. The molecule has 0 amide bonds. The van der Waals surface area contributed by atoms with E-state index in [1.165, 1.54) is 0 Å². The van der Waals surface area contributed by atoms with E-state index in [0.717, 1.165) is 22.9 Å².